The molecule has 19 heavy (non-hydrogen) atoms. The number of benzene rings is 1. The number of nitrogens with zero attached hydrogens (tertiary/aromatic N) is 2. The molecule has 0 radical (unpaired) electrons. The molecule has 2 N–H and O–H groups in total. The van der Waals surface area contributed by atoms with Crippen LogP contribution in [0.25, 0.3) is 11.0 Å². The maximum atomic E-state index is 11.7. The molecule has 1 aromatic heterocycles. The Bertz CT molecular complexity index is 692. The third-order valence-corrected chi connectivity index (χ3v) is 3.96. The number of para-hydroxylation sites is 1. The van der Waals surface area contributed by atoms with Crippen molar-refractivity contribution in [3.8, 4) is 0 Å². The molecule has 0 saturated carbocycles. The third kappa shape index (κ3) is 2.71. The van der Waals surface area contributed by atoms with Crippen LogP contribution in [-0.2, 0) is 21.1 Å². The van der Waals surface area contributed by atoms with Gasteiger partial charge in [0.1, 0.15) is 5.52 Å². The zero-order chi connectivity index (χ0) is 14.0. The molecular weight excluding hydrogens is 266 g/mol. The fourth-order valence-corrected chi connectivity index (χ4v) is 2.80. The maximum absolute atomic E-state index is 11.7. The molecule has 0 spiro atoms. The molecule has 0 aliphatic carbocycles. The van der Waals surface area contributed by atoms with Gasteiger partial charge in [0.05, 0.1) is 17.0 Å². The Morgan fingerprint density at radius 3 is 2.79 bits per heavy atom. The lowest BCUT2D eigenvalue weighted by atomic mass is 10.3. The number of hydrogen-bond donors (Lipinski definition) is 1. The number of ether oxygens (including phenoxy) is 1. The number of hydrogen-bond acceptors (Lipinski definition) is 5. The summed E-state index contributed by atoms with van der Waals surface area (Å²) in [6.45, 7) is 3.59. The number of rotatable bonds is 5. The van der Waals surface area contributed by atoms with E-state index in [9.17, 15) is 8.42 Å². The van der Waals surface area contributed by atoms with Gasteiger partial charge in [-0.05, 0) is 19.1 Å². The van der Waals surface area contributed by atoms with Crippen LogP contribution in [0, 0.1) is 0 Å². The maximum Gasteiger partial charge on any atom is 0.201 e. The molecule has 0 aliphatic rings. The summed E-state index contributed by atoms with van der Waals surface area (Å²) in [5.41, 5.74) is 6.97. The van der Waals surface area contributed by atoms with Gasteiger partial charge < -0.3 is 15.0 Å². The van der Waals surface area contributed by atoms with Crippen molar-refractivity contribution in [2.75, 3.05) is 25.2 Å². The van der Waals surface area contributed by atoms with Gasteiger partial charge in [-0.15, -0.1) is 0 Å². The smallest absolute Gasteiger partial charge is 0.201 e. The predicted octanol–water partition coefficient (Wildman–Crippen LogP) is 1.06. The molecule has 0 fully saturated rings. The number of nitrogens with two attached hydrogens (primary N) is 1. The van der Waals surface area contributed by atoms with Crippen molar-refractivity contribution in [1.29, 1.82) is 0 Å². The first-order chi connectivity index (χ1) is 8.95. The summed E-state index contributed by atoms with van der Waals surface area (Å²) in [6, 6.07) is 5.04. The van der Waals surface area contributed by atoms with Crippen molar-refractivity contribution in [1.82, 2.24) is 9.55 Å². The lowest BCUT2D eigenvalue weighted by Crippen LogP contribution is -2.08. The molecular formula is C12H17N3O3S. The molecule has 0 amide bonds. The molecule has 1 heterocycles. The highest BCUT2D eigenvalue weighted by Gasteiger charge is 2.17. The predicted molar refractivity (Wildman–Crippen MR) is 73.7 cm³/mol. The first-order valence-electron chi connectivity index (χ1n) is 5.97. The minimum absolute atomic E-state index is 0.201. The normalized spacial score (nSPS) is 12.1. The van der Waals surface area contributed by atoms with Gasteiger partial charge in [0.25, 0.3) is 0 Å². The van der Waals surface area contributed by atoms with Gasteiger partial charge in [-0.1, -0.05) is 6.07 Å². The Kier molecular flexibility index (Phi) is 3.77. The van der Waals surface area contributed by atoms with E-state index >= 15 is 0 Å². The van der Waals surface area contributed by atoms with E-state index in [1.165, 1.54) is 6.07 Å². The summed E-state index contributed by atoms with van der Waals surface area (Å²) in [5, 5.41) is 0. The van der Waals surface area contributed by atoms with E-state index in [0.717, 1.165) is 6.26 Å². The molecule has 2 rings (SSSR count). The van der Waals surface area contributed by atoms with Gasteiger partial charge in [0, 0.05) is 19.4 Å². The quantitative estimate of drug-likeness (QED) is 0.829. The number of fused-ring (bicyclic) bond motifs is 1. The Labute approximate surface area is 112 Å². The van der Waals surface area contributed by atoms with Crippen LogP contribution in [0.5, 0.6) is 0 Å². The highest BCUT2D eigenvalue weighted by Crippen LogP contribution is 2.24. The van der Waals surface area contributed by atoms with Crippen LogP contribution in [0.1, 0.15) is 6.92 Å². The van der Waals surface area contributed by atoms with Gasteiger partial charge in [-0.3, -0.25) is 0 Å². The number of imidazole rings is 1. The van der Waals surface area contributed by atoms with E-state index in [1.54, 1.807) is 16.7 Å². The fourth-order valence-electron chi connectivity index (χ4n) is 1.97. The van der Waals surface area contributed by atoms with Crippen LogP contribution < -0.4 is 5.73 Å². The van der Waals surface area contributed by atoms with Gasteiger partial charge in [-0.2, -0.15) is 0 Å². The van der Waals surface area contributed by atoms with E-state index in [1.807, 2.05) is 6.92 Å². The van der Waals surface area contributed by atoms with Crippen molar-refractivity contribution in [3.05, 3.63) is 18.2 Å². The van der Waals surface area contributed by atoms with Crippen molar-refractivity contribution in [2.45, 2.75) is 18.4 Å². The Hall–Kier alpha value is -1.60. The standard InChI is InChI=1S/C12H17N3O3S/c1-3-18-8-7-15-9-5-4-6-10(19(2,16)17)11(9)14-12(15)13/h4-6H,3,7-8H2,1-2H3,(H2,13,14). The largest absolute Gasteiger partial charge is 0.380 e. The highest BCUT2D eigenvalue weighted by molar-refractivity contribution is 7.91. The summed E-state index contributed by atoms with van der Waals surface area (Å²) in [7, 11) is -3.32. The average molecular weight is 283 g/mol. The van der Waals surface area contributed by atoms with Gasteiger partial charge in [0.2, 0.25) is 5.95 Å². The Morgan fingerprint density at radius 1 is 1.42 bits per heavy atom. The van der Waals surface area contributed by atoms with E-state index in [2.05, 4.69) is 4.98 Å². The highest BCUT2D eigenvalue weighted by atomic mass is 32.2. The van der Waals surface area contributed by atoms with Crippen molar-refractivity contribution >= 4 is 26.8 Å². The van der Waals surface area contributed by atoms with Crippen molar-refractivity contribution in [2.24, 2.45) is 0 Å². The Balaban J connectivity index is 2.53. The summed E-state index contributed by atoms with van der Waals surface area (Å²) < 4.78 is 30.5. The van der Waals surface area contributed by atoms with Crippen molar-refractivity contribution < 1.29 is 13.2 Å². The van der Waals surface area contributed by atoms with Crippen LogP contribution in [-0.4, -0.2) is 37.4 Å². The zero-order valence-corrected chi connectivity index (χ0v) is 11.8. The summed E-state index contributed by atoms with van der Waals surface area (Å²) in [6.07, 6.45) is 1.16. The zero-order valence-electron chi connectivity index (χ0n) is 11.0. The first-order valence-corrected chi connectivity index (χ1v) is 7.86. The number of anilines is 1. The molecule has 0 bridgehead atoms. The molecule has 7 heteroatoms. The van der Waals surface area contributed by atoms with E-state index in [4.69, 9.17) is 10.5 Å². The SMILES string of the molecule is CCOCCn1c(N)nc2c(S(C)(=O)=O)cccc21. The third-order valence-electron chi connectivity index (χ3n) is 2.83. The number of aromatic nitrogens is 2. The molecule has 0 atom stereocenters. The molecule has 104 valence electrons. The minimum atomic E-state index is -3.32. The summed E-state index contributed by atoms with van der Waals surface area (Å²) >= 11 is 0. The minimum Gasteiger partial charge on any atom is -0.380 e. The Morgan fingerprint density at radius 2 is 2.16 bits per heavy atom. The van der Waals surface area contributed by atoms with E-state index in [-0.39, 0.29) is 4.90 Å². The van der Waals surface area contributed by atoms with E-state index < -0.39 is 9.84 Å². The molecule has 0 saturated heterocycles. The van der Waals surface area contributed by atoms with Crippen LogP contribution in [0.3, 0.4) is 0 Å². The monoisotopic (exact) mass is 283 g/mol. The molecule has 6 nitrogen and oxygen atoms in total. The molecule has 0 unspecified atom stereocenters. The first kappa shape index (κ1) is 13.8. The van der Waals surface area contributed by atoms with Crippen LogP contribution in [0.4, 0.5) is 5.95 Å². The average Bonchev–Trinajstić information content (AvgIpc) is 2.64. The molecule has 2 aromatic rings. The second-order valence-electron chi connectivity index (χ2n) is 4.21. The van der Waals surface area contributed by atoms with Crippen molar-refractivity contribution in [3.63, 3.8) is 0 Å². The van der Waals surface area contributed by atoms with E-state index in [0.29, 0.717) is 36.7 Å². The second-order valence-corrected chi connectivity index (χ2v) is 6.20. The second kappa shape index (κ2) is 5.18. The topological polar surface area (TPSA) is 87.2 Å². The number of nitrogen functional groups attached to an aromatic ring is 1. The fraction of sp³-hybridized carbons (Fsp3) is 0.417. The molecule has 0 aliphatic heterocycles. The summed E-state index contributed by atoms with van der Waals surface area (Å²) in [5.74, 6) is 0.297. The van der Waals surface area contributed by atoms with Gasteiger partial charge >= 0.3 is 0 Å². The lowest BCUT2D eigenvalue weighted by Gasteiger charge is -2.06. The van der Waals surface area contributed by atoms with Gasteiger partial charge in [-0.25, -0.2) is 13.4 Å². The van der Waals surface area contributed by atoms with Crippen LogP contribution in [0.2, 0.25) is 0 Å². The lowest BCUT2D eigenvalue weighted by molar-refractivity contribution is 0.140. The van der Waals surface area contributed by atoms with Crippen LogP contribution in [0.15, 0.2) is 23.1 Å². The summed E-state index contributed by atoms with van der Waals surface area (Å²) in [4.78, 5) is 4.37. The number of sulfone groups is 1. The molecule has 1 aromatic carbocycles. The van der Waals surface area contributed by atoms with Crippen LogP contribution >= 0.6 is 0 Å². The van der Waals surface area contributed by atoms with Gasteiger partial charge in [0.15, 0.2) is 9.84 Å².